The van der Waals surface area contributed by atoms with E-state index >= 15 is 0 Å². The third-order valence-corrected chi connectivity index (χ3v) is 2.60. The number of hydrogen-bond acceptors (Lipinski definition) is 4. The first kappa shape index (κ1) is 12.0. The van der Waals surface area contributed by atoms with E-state index in [1.54, 1.807) is 0 Å². The second-order valence-electron chi connectivity index (χ2n) is 3.04. The highest BCUT2D eigenvalue weighted by Gasteiger charge is 2.16. The molecule has 1 rings (SSSR count). The first-order valence-corrected chi connectivity index (χ1v) is 4.98. The number of hydrogen-bond donors (Lipinski definition) is 4. The summed E-state index contributed by atoms with van der Waals surface area (Å²) in [7, 11) is 0. The fraction of sp³-hybridized carbons (Fsp3) is 0.222. The van der Waals surface area contributed by atoms with Gasteiger partial charge in [0, 0.05) is 18.2 Å². The minimum absolute atomic E-state index is 0.0542. The van der Waals surface area contributed by atoms with Gasteiger partial charge in [-0.15, -0.1) is 0 Å². The Morgan fingerprint density at radius 1 is 1.53 bits per heavy atom. The van der Waals surface area contributed by atoms with Gasteiger partial charge in [-0.1, -0.05) is 0 Å². The van der Waals surface area contributed by atoms with Crippen molar-refractivity contribution in [3.63, 3.8) is 0 Å². The van der Waals surface area contributed by atoms with Crippen molar-refractivity contribution < 1.29 is 15.0 Å². The Kier molecular flexibility index (Phi) is 3.67. The monoisotopic (exact) mass is 274 g/mol. The van der Waals surface area contributed by atoms with E-state index in [2.05, 4.69) is 15.9 Å². The van der Waals surface area contributed by atoms with Crippen molar-refractivity contribution >= 4 is 21.9 Å². The number of rotatable bonds is 3. The maximum Gasteiger partial charge on any atom is 0.335 e. The molecule has 6 N–H and O–H groups in total. The lowest BCUT2D eigenvalue weighted by Gasteiger charge is -2.13. The number of aromatic carboxylic acids is 1. The van der Waals surface area contributed by atoms with Gasteiger partial charge in [0.05, 0.1) is 10.0 Å². The molecule has 0 saturated carbocycles. The normalized spacial score (nSPS) is 12.5. The summed E-state index contributed by atoms with van der Waals surface area (Å²) in [5.41, 5.74) is 11.4. The van der Waals surface area contributed by atoms with Gasteiger partial charge in [0.1, 0.15) is 5.75 Å². The highest BCUT2D eigenvalue weighted by atomic mass is 79.9. The van der Waals surface area contributed by atoms with E-state index in [0.717, 1.165) is 0 Å². The van der Waals surface area contributed by atoms with Crippen LogP contribution in [0.1, 0.15) is 22.0 Å². The first-order valence-electron chi connectivity index (χ1n) is 4.18. The molecule has 0 spiro atoms. The molecule has 15 heavy (non-hydrogen) atoms. The summed E-state index contributed by atoms with van der Waals surface area (Å²) < 4.78 is 0.293. The highest BCUT2D eigenvalue weighted by Crippen LogP contribution is 2.32. The van der Waals surface area contributed by atoms with Crippen LogP contribution in [0.25, 0.3) is 0 Å². The number of carboxylic acids is 1. The van der Waals surface area contributed by atoms with Gasteiger partial charge < -0.3 is 21.7 Å². The van der Waals surface area contributed by atoms with E-state index in [0.29, 0.717) is 10.0 Å². The molecule has 1 aromatic rings. The van der Waals surface area contributed by atoms with Crippen LogP contribution in [0, 0.1) is 0 Å². The summed E-state index contributed by atoms with van der Waals surface area (Å²) >= 11 is 3.05. The third kappa shape index (κ3) is 2.47. The minimum atomic E-state index is -1.08. The molecule has 0 fully saturated rings. The van der Waals surface area contributed by atoms with E-state index in [1.807, 2.05) is 0 Å². The van der Waals surface area contributed by atoms with E-state index in [4.69, 9.17) is 16.6 Å². The summed E-state index contributed by atoms with van der Waals surface area (Å²) in [6.45, 7) is 0.128. The van der Waals surface area contributed by atoms with E-state index in [9.17, 15) is 9.90 Å². The fourth-order valence-electron chi connectivity index (χ4n) is 1.15. The van der Waals surface area contributed by atoms with Crippen LogP contribution < -0.4 is 11.5 Å². The van der Waals surface area contributed by atoms with Gasteiger partial charge in [-0.25, -0.2) is 4.79 Å². The fourth-order valence-corrected chi connectivity index (χ4v) is 1.63. The molecule has 82 valence electrons. The lowest BCUT2D eigenvalue weighted by atomic mass is 10.0. The Bertz CT molecular complexity index is 395. The second kappa shape index (κ2) is 4.61. The van der Waals surface area contributed by atoms with Crippen molar-refractivity contribution in [3.8, 4) is 5.75 Å². The smallest absolute Gasteiger partial charge is 0.335 e. The maximum absolute atomic E-state index is 10.8. The predicted octanol–water partition coefficient (Wildman–Crippen LogP) is 0.811. The average molecular weight is 275 g/mol. The Hall–Kier alpha value is -1.11. The molecule has 0 aliphatic heterocycles. The van der Waals surface area contributed by atoms with Crippen molar-refractivity contribution in [1.82, 2.24) is 0 Å². The van der Waals surface area contributed by atoms with Crippen LogP contribution >= 0.6 is 15.9 Å². The zero-order chi connectivity index (χ0) is 11.6. The van der Waals surface area contributed by atoms with Gasteiger partial charge in [-0.05, 0) is 28.1 Å². The van der Waals surface area contributed by atoms with Crippen LogP contribution in [0.3, 0.4) is 0 Å². The van der Waals surface area contributed by atoms with Crippen LogP contribution in [0.2, 0.25) is 0 Å². The van der Waals surface area contributed by atoms with Gasteiger partial charge in [-0.2, -0.15) is 0 Å². The molecule has 5 nitrogen and oxygen atoms in total. The van der Waals surface area contributed by atoms with Crippen LogP contribution in [0.15, 0.2) is 16.6 Å². The molecule has 1 aromatic carbocycles. The SMILES string of the molecule is NC[C@@H](N)c1cc(C(=O)O)cc(Br)c1O. The molecule has 0 radical (unpaired) electrons. The third-order valence-electron chi connectivity index (χ3n) is 1.99. The molecule has 0 heterocycles. The maximum atomic E-state index is 10.8. The van der Waals surface area contributed by atoms with E-state index in [1.165, 1.54) is 12.1 Å². The lowest BCUT2D eigenvalue weighted by Crippen LogP contribution is -2.21. The first-order chi connectivity index (χ1) is 6.97. The van der Waals surface area contributed by atoms with Gasteiger partial charge in [0.2, 0.25) is 0 Å². The topological polar surface area (TPSA) is 110 Å². The van der Waals surface area contributed by atoms with Crippen molar-refractivity contribution in [2.45, 2.75) is 6.04 Å². The number of phenols is 1. The molecule has 0 amide bonds. The predicted molar refractivity (Wildman–Crippen MR) is 58.7 cm³/mol. The van der Waals surface area contributed by atoms with Gasteiger partial charge in [-0.3, -0.25) is 0 Å². The Balaban J connectivity index is 3.31. The number of aromatic hydroxyl groups is 1. The van der Waals surface area contributed by atoms with Crippen LogP contribution in [-0.4, -0.2) is 22.7 Å². The number of benzene rings is 1. The molecule has 6 heteroatoms. The Labute approximate surface area is 94.8 Å². The Morgan fingerprint density at radius 3 is 2.60 bits per heavy atom. The van der Waals surface area contributed by atoms with Gasteiger partial charge in [0.25, 0.3) is 0 Å². The quantitative estimate of drug-likeness (QED) is 0.652. The second-order valence-corrected chi connectivity index (χ2v) is 3.90. The van der Waals surface area contributed by atoms with Crippen LogP contribution in [0.4, 0.5) is 0 Å². The molecular weight excluding hydrogens is 264 g/mol. The van der Waals surface area contributed by atoms with Gasteiger partial charge in [0.15, 0.2) is 0 Å². The molecule has 1 atom stereocenters. The van der Waals surface area contributed by atoms with Gasteiger partial charge >= 0.3 is 5.97 Å². The summed E-state index contributed by atoms with van der Waals surface area (Å²) in [6.07, 6.45) is 0. The summed E-state index contributed by atoms with van der Waals surface area (Å²) in [5.74, 6) is -1.15. The number of carboxylic acid groups (broad SMARTS) is 1. The zero-order valence-electron chi connectivity index (χ0n) is 7.77. The number of halogens is 1. The average Bonchev–Trinajstić information content (AvgIpc) is 2.20. The summed E-state index contributed by atoms with van der Waals surface area (Å²) in [6, 6.07) is 2.05. The largest absolute Gasteiger partial charge is 0.506 e. The molecule has 0 aliphatic carbocycles. The Morgan fingerprint density at radius 2 is 2.13 bits per heavy atom. The molecule has 0 aliphatic rings. The van der Waals surface area contributed by atoms with E-state index in [-0.39, 0.29) is 17.9 Å². The molecule has 0 aromatic heterocycles. The van der Waals surface area contributed by atoms with Crippen molar-refractivity contribution in [3.05, 3.63) is 27.7 Å². The number of nitrogens with two attached hydrogens (primary N) is 2. The van der Waals surface area contributed by atoms with Crippen LogP contribution in [-0.2, 0) is 0 Å². The number of carbonyl (C=O) groups is 1. The standard InChI is InChI=1S/C9H11BrN2O3/c10-6-2-4(9(14)15)1-5(8(6)13)7(12)3-11/h1-2,7,13H,3,11-12H2,(H,14,15)/t7-/m1/s1. The molecule has 0 bridgehead atoms. The lowest BCUT2D eigenvalue weighted by molar-refractivity contribution is 0.0696. The highest BCUT2D eigenvalue weighted by molar-refractivity contribution is 9.10. The summed E-state index contributed by atoms with van der Waals surface area (Å²) in [4.78, 5) is 10.8. The summed E-state index contributed by atoms with van der Waals surface area (Å²) in [5, 5.41) is 18.4. The van der Waals surface area contributed by atoms with Crippen molar-refractivity contribution in [1.29, 1.82) is 0 Å². The van der Waals surface area contributed by atoms with Crippen molar-refractivity contribution in [2.75, 3.05) is 6.54 Å². The zero-order valence-corrected chi connectivity index (χ0v) is 9.36. The molecule has 0 saturated heterocycles. The number of phenolic OH excluding ortho intramolecular Hbond substituents is 1. The molecular formula is C9H11BrN2O3. The molecule has 0 unspecified atom stereocenters. The minimum Gasteiger partial charge on any atom is -0.506 e. The van der Waals surface area contributed by atoms with Crippen LogP contribution in [0.5, 0.6) is 5.75 Å². The van der Waals surface area contributed by atoms with Crippen molar-refractivity contribution in [2.24, 2.45) is 11.5 Å². The van der Waals surface area contributed by atoms with E-state index < -0.39 is 12.0 Å².